The number of hydrogen-bond acceptors (Lipinski definition) is 5. The first kappa shape index (κ1) is 25.0. The Kier molecular flexibility index (Phi) is 7.82. The largest absolute Gasteiger partial charge is 0.484 e. The van der Waals surface area contributed by atoms with Gasteiger partial charge < -0.3 is 14.6 Å². The summed E-state index contributed by atoms with van der Waals surface area (Å²) in [6.07, 6.45) is 0. The molecule has 1 aliphatic rings. The average molecular weight is 498 g/mol. The van der Waals surface area contributed by atoms with Crippen molar-refractivity contribution < 1.29 is 9.53 Å². The maximum Gasteiger partial charge on any atom is 0.262 e. The number of nitrogens with zero attached hydrogens (tertiary/aromatic N) is 4. The topological polar surface area (TPSA) is 62.6 Å². The fourth-order valence-corrected chi connectivity index (χ4v) is 4.93. The summed E-state index contributed by atoms with van der Waals surface area (Å²) in [5.74, 6) is 1.57. The molecule has 37 heavy (non-hydrogen) atoms. The van der Waals surface area contributed by atoms with Crippen molar-refractivity contribution in [3.8, 4) is 5.75 Å². The number of anilines is 1. The van der Waals surface area contributed by atoms with Crippen molar-refractivity contribution in [3.05, 3.63) is 89.7 Å². The highest BCUT2D eigenvalue weighted by Crippen LogP contribution is 2.22. The molecule has 1 saturated heterocycles. The van der Waals surface area contributed by atoms with Crippen LogP contribution < -0.4 is 10.1 Å². The molecule has 1 amide bonds. The summed E-state index contributed by atoms with van der Waals surface area (Å²) < 4.78 is 7.91. The van der Waals surface area contributed by atoms with Gasteiger partial charge >= 0.3 is 0 Å². The van der Waals surface area contributed by atoms with E-state index in [1.54, 1.807) is 0 Å². The van der Waals surface area contributed by atoms with Crippen molar-refractivity contribution in [2.45, 2.75) is 33.5 Å². The van der Waals surface area contributed by atoms with Crippen molar-refractivity contribution in [1.82, 2.24) is 19.4 Å². The van der Waals surface area contributed by atoms with Crippen LogP contribution in [0.5, 0.6) is 5.75 Å². The second-order valence-corrected chi connectivity index (χ2v) is 9.67. The number of amides is 1. The average Bonchev–Trinajstić information content (AvgIpc) is 3.25. The Balaban J connectivity index is 1.19. The lowest BCUT2D eigenvalue weighted by molar-refractivity contribution is -0.118. The van der Waals surface area contributed by atoms with Gasteiger partial charge in [0.15, 0.2) is 6.61 Å². The molecule has 1 aromatic heterocycles. The Bertz CT molecular complexity index is 1340. The van der Waals surface area contributed by atoms with Crippen LogP contribution in [0, 0.1) is 6.92 Å². The van der Waals surface area contributed by atoms with Crippen molar-refractivity contribution in [1.29, 1.82) is 0 Å². The predicted molar refractivity (Wildman–Crippen MR) is 148 cm³/mol. The van der Waals surface area contributed by atoms with Crippen molar-refractivity contribution >= 4 is 22.6 Å². The minimum Gasteiger partial charge on any atom is -0.484 e. The van der Waals surface area contributed by atoms with Gasteiger partial charge in [-0.15, -0.1) is 0 Å². The minimum atomic E-state index is -0.190. The maximum absolute atomic E-state index is 12.5. The van der Waals surface area contributed by atoms with Gasteiger partial charge in [0, 0.05) is 45.0 Å². The van der Waals surface area contributed by atoms with E-state index in [0.29, 0.717) is 5.75 Å². The number of carbonyl (C=O) groups is 1. The second kappa shape index (κ2) is 11.6. The van der Waals surface area contributed by atoms with Gasteiger partial charge in [0.05, 0.1) is 17.6 Å². The van der Waals surface area contributed by atoms with Crippen LogP contribution in [0.1, 0.15) is 23.9 Å². The molecule has 192 valence electrons. The summed E-state index contributed by atoms with van der Waals surface area (Å²) in [5.41, 5.74) is 5.19. The van der Waals surface area contributed by atoms with Gasteiger partial charge in [-0.05, 0) is 55.3 Å². The number of ether oxygens (including phenoxy) is 1. The minimum absolute atomic E-state index is 0.0353. The Hall–Kier alpha value is -3.68. The lowest BCUT2D eigenvalue weighted by Gasteiger charge is -2.34. The third kappa shape index (κ3) is 6.37. The lowest BCUT2D eigenvalue weighted by atomic mass is 10.2. The molecule has 5 rings (SSSR count). The number of benzene rings is 3. The third-order valence-corrected chi connectivity index (χ3v) is 6.87. The van der Waals surface area contributed by atoms with Crippen LogP contribution in [0.2, 0.25) is 0 Å². The smallest absolute Gasteiger partial charge is 0.262 e. The van der Waals surface area contributed by atoms with E-state index in [0.717, 1.165) is 73.9 Å². The van der Waals surface area contributed by atoms with E-state index in [2.05, 4.69) is 56.9 Å². The van der Waals surface area contributed by atoms with E-state index < -0.39 is 0 Å². The standard InChI is InChI=1S/C30H35N5O2/c1-3-35-28-13-12-25(31-30(36)22-37-26-11-7-8-23(2)18-26)19-27(28)32-29(35)21-34-16-14-33(15-17-34)20-24-9-5-4-6-10-24/h4-13,18-19H,3,14-17,20-22H2,1-2H3,(H,31,36). The molecule has 3 aromatic carbocycles. The highest BCUT2D eigenvalue weighted by molar-refractivity contribution is 5.94. The monoisotopic (exact) mass is 497 g/mol. The Morgan fingerprint density at radius 1 is 0.919 bits per heavy atom. The Morgan fingerprint density at radius 3 is 2.41 bits per heavy atom. The van der Waals surface area contributed by atoms with Gasteiger partial charge in [-0.3, -0.25) is 14.6 Å². The Morgan fingerprint density at radius 2 is 1.68 bits per heavy atom. The highest BCUT2D eigenvalue weighted by Gasteiger charge is 2.20. The number of nitrogens with one attached hydrogen (secondary N) is 1. The zero-order valence-electron chi connectivity index (χ0n) is 21.7. The zero-order chi connectivity index (χ0) is 25.6. The number of aromatic nitrogens is 2. The first-order valence-corrected chi connectivity index (χ1v) is 13.0. The molecular weight excluding hydrogens is 462 g/mol. The number of aryl methyl sites for hydroxylation is 2. The SMILES string of the molecule is CCn1c(CN2CCN(Cc3ccccc3)CC2)nc2cc(NC(=O)COc3cccc(C)c3)ccc21. The van der Waals surface area contributed by atoms with Gasteiger partial charge in [-0.25, -0.2) is 4.98 Å². The molecule has 1 fully saturated rings. The molecule has 7 heteroatoms. The van der Waals surface area contributed by atoms with Gasteiger partial charge in [0.1, 0.15) is 11.6 Å². The molecule has 0 bridgehead atoms. The van der Waals surface area contributed by atoms with E-state index >= 15 is 0 Å². The highest BCUT2D eigenvalue weighted by atomic mass is 16.5. The molecule has 0 spiro atoms. The molecule has 1 N–H and O–H groups in total. The van der Waals surface area contributed by atoms with E-state index in [1.165, 1.54) is 5.56 Å². The van der Waals surface area contributed by atoms with Crippen LogP contribution in [-0.2, 0) is 24.4 Å². The first-order valence-electron chi connectivity index (χ1n) is 13.0. The number of fused-ring (bicyclic) bond motifs is 1. The van der Waals surface area contributed by atoms with Crippen LogP contribution in [0.15, 0.2) is 72.8 Å². The molecule has 0 radical (unpaired) electrons. The lowest BCUT2D eigenvalue weighted by Crippen LogP contribution is -2.45. The van der Waals surface area contributed by atoms with E-state index in [9.17, 15) is 4.79 Å². The number of carbonyl (C=O) groups excluding carboxylic acids is 1. The number of imidazole rings is 1. The van der Waals surface area contributed by atoms with Crippen LogP contribution in [0.3, 0.4) is 0 Å². The van der Waals surface area contributed by atoms with Crippen molar-refractivity contribution in [2.75, 3.05) is 38.1 Å². The molecule has 4 aromatic rings. The van der Waals surface area contributed by atoms with Gasteiger partial charge in [-0.2, -0.15) is 0 Å². The van der Waals surface area contributed by atoms with Crippen molar-refractivity contribution in [3.63, 3.8) is 0 Å². The predicted octanol–water partition coefficient (Wildman–Crippen LogP) is 4.70. The number of rotatable bonds is 9. The number of hydrogen-bond donors (Lipinski definition) is 1. The first-order chi connectivity index (χ1) is 18.1. The quantitative estimate of drug-likeness (QED) is 0.363. The second-order valence-electron chi connectivity index (χ2n) is 9.67. The molecule has 0 aliphatic carbocycles. The third-order valence-electron chi connectivity index (χ3n) is 6.87. The van der Waals surface area contributed by atoms with Gasteiger partial charge in [-0.1, -0.05) is 42.5 Å². The molecule has 0 atom stereocenters. The van der Waals surface area contributed by atoms with Crippen LogP contribution in [0.4, 0.5) is 5.69 Å². The van der Waals surface area contributed by atoms with Crippen LogP contribution in [-0.4, -0.2) is 58.0 Å². The zero-order valence-corrected chi connectivity index (χ0v) is 21.7. The van der Waals surface area contributed by atoms with Crippen LogP contribution >= 0.6 is 0 Å². The molecule has 0 saturated carbocycles. The fraction of sp³-hybridized carbons (Fsp3) is 0.333. The van der Waals surface area contributed by atoms with Crippen molar-refractivity contribution in [2.24, 2.45) is 0 Å². The van der Waals surface area contributed by atoms with Crippen LogP contribution in [0.25, 0.3) is 11.0 Å². The summed E-state index contributed by atoms with van der Waals surface area (Å²) >= 11 is 0. The van der Waals surface area contributed by atoms with E-state index in [1.807, 2.05) is 49.4 Å². The maximum atomic E-state index is 12.5. The fourth-order valence-electron chi connectivity index (χ4n) is 4.93. The molecule has 2 heterocycles. The van der Waals surface area contributed by atoms with Gasteiger partial charge in [0.25, 0.3) is 5.91 Å². The summed E-state index contributed by atoms with van der Waals surface area (Å²) in [7, 11) is 0. The van der Waals surface area contributed by atoms with E-state index in [4.69, 9.17) is 9.72 Å². The molecular formula is C30H35N5O2. The summed E-state index contributed by atoms with van der Waals surface area (Å²) in [4.78, 5) is 22.4. The molecule has 7 nitrogen and oxygen atoms in total. The Labute approximate surface area is 218 Å². The molecule has 0 unspecified atom stereocenters. The number of piperazine rings is 1. The summed E-state index contributed by atoms with van der Waals surface area (Å²) in [6.45, 7) is 11.0. The summed E-state index contributed by atoms with van der Waals surface area (Å²) in [5, 5.41) is 2.94. The molecule has 1 aliphatic heterocycles. The summed E-state index contributed by atoms with van der Waals surface area (Å²) in [6, 6.07) is 24.3. The van der Waals surface area contributed by atoms with E-state index in [-0.39, 0.29) is 12.5 Å². The normalized spacial score (nSPS) is 14.6. The van der Waals surface area contributed by atoms with Gasteiger partial charge in [0.2, 0.25) is 0 Å².